The van der Waals surface area contributed by atoms with Crippen molar-refractivity contribution in [1.29, 1.82) is 0 Å². The molecule has 0 amide bonds. The van der Waals surface area contributed by atoms with E-state index in [4.69, 9.17) is 0 Å². The van der Waals surface area contributed by atoms with Crippen molar-refractivity contribution < 1.29 is 0 Å². The van der Waals surface area contributed by atoms with Gasteiger partial charge in [-0.25, -0.2) is 0 Å². The number of hydrogen-bond acceptors (Lipinski definition) is 2. The molecule has 1 saturated carbocycles. The second-order valence-corrected chi connectivity index (χ2v) is 8.04. The van der Waals surface area contributed by atoms with E-state index in [-0.39, 0.29) is 5.54 Å². The summed E-state index contributed by atoms with van der Waals surface area (Å²) in [4.78, 5) is 2.76. The fourth-order valence-corrected chi connectivity index (χ4v) is 2.60. The molecule has 1 N–H and O–H groups in total. The minimum absolute atomic E-state index is 0.277. The first-order valence-corrected chi connectivity index (χ1v) is 8.87. The van der Waals surface area contributed by atoms with Crippen molar-refractivity contribution in [2.75, 3.05) is 19.6 Å². The molecule has 0 atom stereocenters. The Morgan fingerprint density at radius 3 is 2.20 bits per heavy atom. The van der Waals surface area contributed by atoms with Crippen LogP contribution in [0.15, 0.2) is 0 Å². The summed E-state index contributed by atoms with van der Waals surface area (Å²) in [7, 11) is 0. The van der Waals surface area contributed by atoms with Crippen molar-refractivity contribution >= 4 is 0 Å². The molecule has 0 aliphatic heterocycles. The third-order valence-electron chi connectivity index (χ3n) is 4.08. The molecule has 1 aliphatic rings. The van der Waals surface area contributed by atoms with Crippen molar-refractivity contribution in [2.45, 2.75) is 91.1 Å². The lowest BCUT2D eigenvalue weighted by molar-refractivity contribution is 0.242. The van der Waals surface area contributed by atoms with Crippen LogP contribution >= 0.6 is 0 Å². The monoisotopic (exact) mass is 282 g/mol. The fraction of sp³-hybridized carbons (Fsp3) is 1.00. The Kier molecular flexibility index (Phi) is 8.13. The predicted octanol–water partition coefficient (Wildman–Crippen LogP) is 4.45. The highest BCUT2D eigenvalue weighted by Gasteiger charge is 2.27. The van der Waals surface area contributed by atoms with Gasteiger partial charge in [-0.15, -0.1) is 0 Å². The number of nitrogens with zero attached hydrogens (tertiary/aromatic N) is 1. The molecular formula is C18H38N2. The van der Waals surface area contributed by atoms with Gasteiger partial charge in [-0.2, -0.15) is 0 Å². The van der Waals surface area contributed by atoms with Gasteiger partial charge >= 0.3 is 0 Å². The van der Waals surface area contributed by atoms with E-state index in [0.717, 1.165) is 12.0 Å². The zero-order chi connectivity index (χ0) is 15.0. The quantitative estimate of drug-likeness (QED) is 0.563. The topological polar surface area (TPSA) is 15.3 Å². The van der Waals surface area contributed by atoms with E-state index >= 15 is 0 Å². The number of hydrogen-bond donors (Lipinski definition) is 1. The average molecular weight is 283 g/mol. The summed E-state index contributed by atoms with van der Waals surface area (Å²) in [5.41, 5.74) is 0.277. The molecule has 1 aliphatic carbocycles. The Balaban J connectivity index is 1.98. The summed E-state index contributed by atoms with van der Waals surface area (Å²) in [6, 6.07) is 0.941. The van der Waals surface area contributed by atoms with E-state index < -0.39 is 0 Å². The van der Waals surface area contributed by atoms with Gasteiger partial charge in [0.2, 0.25) is 0 Å². The second kappa shape index (κ2) is 9.04. The molecule has 0 aromatic rings. The Labute approximate surface area is 127 Å². The lowest BCUT2D eigenvalue weighted by Gasteiger charge is -2.23. The first kappa shape index (κ1) is 18.0. The SMILES string of the molecule is CC(C)CCN(CCCCCCNC(C)(C)C)C1CC1. The number of nitrogens with one attached hydrogen (secondary N) is 1. The summed E-state index contributed by atoms with van der Waals surface area (Å²) >= 11 is 0. The Bertz CT molecular complexity index is 238. The first-order valence-electron chi connectivity index (χ1n) is 8.87. The Morgan fingerprint density at radius 1 is 1.00 bits per heavy atom. The molecule has 120 valence electrons. The molecule has 0 bridgehead atoms. The average Bonchev–Trinajstić information content (AvgIpc) is 3.14. The van der Waals surface area contributed by atoms with Gasteiger partial charge in [0.1, 0.15) is 0 Å². The molecule has 2 heteroatoms. The molecule has 0 aromatic carbocycles. The van der Waals surface area contributed by atoms with Gasteiger partial charge in [-0.1, -0.05) is 26.7 Å². The fourth-order valence-electron chi connectivity index (χ4n) is 2.60. The van der Waals surface area contributed by atoms with Crippen LogP contribution in [0.5, 0.6) is 0 Å². The largest absolute Gasteiger partial charge is 0.312 e. The standard InChI is InChI=1S/C18H38N2/c1-16(2)12-15-20(17-10-11-17)14-9-7-6-8-13-19-18(3,4)5/h16-17,19H,6-15H2,1-5H3. The van der Waals surface area contributed by atoms with Crippen LogP contribution in [0.3, 0.4) is 0 Å². The number of unbranched alkanes of at least 4 members (excludes halogenated alkanes) is 3. The van der Waals surface area contributed by atoms with E-state index in [0.29, 0.717) is 0 Å². The Hall–Kier alpha value is -0.0800. The molecule has 2 nitrogen and oxygen atoms in total. The first-order chi connectivity index (χ1) is 9.38. The van der Waals surface area contributed by atoms with E-state index in [1.807, 2.05) is 0 Å². The minimum Gasteiger partial charge on any atom is -0.312 e. The van der Waals surface area contributed by atoms with E-state index in [1.54, 1.807) is 0 Å². The van der Waals surface area contributed by atoms with Gasteiger partial charge in [-0.05, 0) is 78.4 Å². The van der Waals surface area contributed by atoms with Crippen molar-refractivity contribution in [2.24, 2.45) is 5.92 Å². The van der Waals surface area contributed by atoms with Gasteiger partial charge < -0.3 is 10.2 Å². The van der Waals surface area contributed by atoms with Crippen LogP contribution in [-0.4, -0.2) is 36.1 Å². The highest BCUT2D eigenvalue weighted by atomic mass is 15.2. The van der Waals surface area contributed by atoms with Gasteiger partial charge in [0.15, 0.2) is 0 Å². The molecule has 0 spiro atoms. The highest BCUT2D eigenvalue weighted by Crippen LogP contribution is 2.27. The minimum atomic E-state index is 0.277. The third kappa shape index (κ3) is 9.77. The molecule has 1 rings (SSSR count). The van der Waals surface area contributed by atoms with Gasteiger partial charge in [-0.3, -0.25) is 0 Å². The van der Waals surface area contributed by atoms with E-state index in [1.165, 1.54) is 64.6 Å². The van der Waals surface area contributed by atoms with Crippen LogP contribution in [0.1, 0.15) is 79.6 Å². The van der Waals surface area contributed by atoms with Crippen LogP contribution in [0.2, 0.25) is 0 Å². The molecule has 0 radical (unpaired) electrons. The lowest BCUT2D eigenvalue weighted by Crippen LogP contribution is -2.36. The van der Waals surface area contributed by atoms with Gasteiger partial charge in [0, 0.05) is 11.6 Å². The smallest absolute Gasteiger partial charge is 0.00965 e. The summed E-state index contributed by atoms with van der Waals surface area (Å²) in [5, 5.41) is 3.57. The van der Waals surface area contributed by atoms with E-state index in [9.17, 15) is 0 Å². The molecule has 0 heterocycles. The molecular weight excluding hydrogens is 244 g/mol. The summed E-state index contributed by atoms with van der Waals surface area (Å²) < 4.78 is 0. The summed E-state index contributed by atoms with van der Waals surface area (Å²) in [6.45, 7) is 15.3. The predicted molar refractivity (Wildman–Crippen MR) is 90.3 cm³/mol. The van der Waals surface area contributed by atoms with Crippen molar-refractivity contribution in [3.05, 3.63) is 0 Å². The van der Waals surface area contributed by atoms with Crippen LogP contribution < -0.4 is 5.32 Å². The molecule has 1 fully saturated rings. The maximum absolute atomic E-state index is 3.57. The van der Waals surface area contributed by atoms with Crippen molar-refractivity contribution in [1.82, 2.24) is 10.2 Å². The molecule has 20 heavy (non-hydrogen) atoms. The summed E-state index contributed by atoms with van der Waals surface area (Å²) in [5.74, 6) is 0.847. The van der Waals surface area contributed by atoms with Crippen molar-refractivity contribution in [3.63, 3.8) is 0 Å². The van der Waals surface area contributed by atoms with Gasteiger partial charge in [0.25, 0.3) is 0 Å². The lowest BCUT2D eigenvalue weighted by atomic mass is 10.1. The zero-order valence-corrected chi connectivity index (χ0v) is 14.7. The van der Waals surface area contributed by atoms with Crippen molar-refractivity contribution in [3.8, 4) is 0 Å². The van der Waals surface area contributed by atoms with Gasteiger partial charge in [0.05, 0.1) is 0 Å². The van der Waals surface area contributed by atoms with Crippen LogP contribution in [0, 0.1) is 5.92 Å². The second-order valence-electron chi connectivity index (χ2n) is 8.04. The van der Waals surface area contributed by atoms with Crippen LogP contribution in [0.25, 0.3) is 0 Å². The zero-order valence-electron chi connectivity index (χ0n) is 14.7. The maximum Gasteiger partial charge on any atom is 0.00965 e. The van der Waals surface area contributed by atoms with Crippen LogP contribution in [0.4, 0.5) is 0 Å². The number of rotatable bonds is 11. The maximum atomic E-state index is 3.57. The Morgan fingerprint density at radius 2 is 1.65 bits per heavy atom. The molecule has 0 aromatic heterocycles. The normalized spacial score (nSPS) is 16.4. The van der Waals surface area contributed by atoms with Crippen LogP contribution in [-0.2, 0) is 0 Å². The summed E-state index contributed by atoms with van der Waals surface area (Å²) in [6.07, 6.45) is 9.77. The highest BCUT2D eigenvalue weighted by molar-refractivity contribution is 4.84. The molecule has 0 saturated heterocycles. The molecule has 0 unspecified atom stereocenters. The van der Waals surface area contributed by atoms with E-state index in [2.05, 4.69) is 44.8 Å². The third-order valence-corrected chi connectivity index (χ3v) is 4.08.